The average molecular weight is 228 g/mol. The van der Waals surface area contributed by atoms with Crippen molar-refractivity contribution in [1.82, 2.24) is 10.2 Å². The molecule has 1 N–H and O–H groups in total. The second kappa shape index (κ2) is 3.88. The fourth-order valence-electron chi connectivity index (χ4n) is 1.32. The van der Waals surface area contributed by atoms with Crippen LogP contribution in [-0.4, -0.2) is 16.6 Å². The van der Waals surface area contributed by atoms with Crippen LogP contribution < -0.4 is 4.74 Å². The minimum Gasteiger partial charge on any atom is -0.405 e. The van der Waals surface area contributed by atoms with Crippen molar-refractivity contribution >= 4 is 0 Å². The van der Waals surface area contributed by atoms with E-state index in [0.29, 0.717) is 11.1 Å². The highest BCUT2D eigenvalue weighted by atomic mass is 19.4. The first-order chi connectivity index (χ1) is 7.56. The molecule has 0 unspecified atom stereocenters. The Bertz CT molecular complexity index is 465. The van der Waals surface area contributed by atoms with Gasteiger partial charge in [0.05, 0.1) is 6.20 Å². The largest absolute Gasteiger partial charge is 0.573 e. The minimum absolute atomic E-state index is 0.239. The van der Waals surface area contributed by atoms with Gasteiger partial charge in [-0.1, -0.05) is 18.2 Å². The van der Waals surface area contributed by atoms with Crippen molar-refractivity contribution in [1.29, 1.82) is 0 Å². The van der Waals surface area contributed by atoms with Crippen LogP contribution >= 0.6 is 0 Å². The lowest BCUT2D eigenvalue weighted by Gasteiger charge is -2.11. The maximum atomic E-state index is 12.1. The molecule has 6 heteroatoms. The van der Waals surface area contributed by atoms with Gasteiger partial charge in [0, 0.05) is 17.3 Å². The molecule has 84 valence electrons. The Labute approximate surface area is 88.9 Å². The van der Waals surface area contributed by atoms with E-state index in [1.807, 2.05) is 0 Å². The van der Waals surface area contributed by atoms with Crippen molar-refractivity contribution in [3.8, 4) is 16.9 Å². The van der Waals surface area contributed by atoms with Crippen molar-refractivity contribution in [2.75, 3.05) is 0 Å². The Balaban J connectivity index is 2.39. The van der Waals surface area contributed by atoms with Crippen LogP contribution in [0.15, 0.2) is 36.7 Å². The summed E-state index contributed by atoms with van der Waals surface area (Å²) in [6.07, 6.45) is -1.77. The second-order valence-corrected chi connectivity index (χ2v) is 3.03. The molecule has 0 bridgehead atoms. The molecule has 0 spiro atoms. The Morgan fingerprint density at radius 3 is 2.56 bits per heavy atom. The van der Waals surface area contributed by atoms with E-state index in [1.165, 1.54) is 30.6 Å². The van der Waals surface area contributed by atoms with E-state index in [1.54, 1.807) is 6.07 Å². The Morgan fingerprint density at radius 1 is 1.19 bits per heavy atom. The monoisotopic (exact) mass is 228 g/mol. The molecule has 0 radical (unpaired) electrons. The van der Waals surface area contributed by atoms with Gasteiger partial charge in [0.15, 0.2) is 0 Å². The maximum Gasteiger partial charge on any atom is 0.573 e. The Hall–Kier alpha value is -1.98. The number of nitrogens with zero attached hydrogens (tertiary/aromatic N) is 1. The summed E-state index contributed by atoms with van der Waals surface area (Å²) in [6.45, 7) is 0. The van der Waals surface area contributed by atoms with Crippen molar-refractivity contribution in [2.45, 2.75) is 6.36 Å². The van der Waals surface area contributed by atoms with Gasteiger partial charge >= 0.3 is 6.36 Å². The summed E-state index contributed by atoms with van der Waals surface area (Å²) in [5.74, 6) is -0.239. The lowest BCUT2D eigenvalue weighted by Crippen LogP contribution is -2.17. The van der Waals surface area contributed by atoms with Crippen LogP contribution in [0.25, 0.3) is 11.1 Å². The van der Waals surface area contributed by atoms with E-state index < -0.39 is 6.36 Å². The third-order valence-corrected chi connectivity index (χ3v) is 1.92. The van der Waals surface area contributed by atoms with Crippen molar-refractivity contribution in [3.63, 3.8) is 0 Å². The average Bonchev–Trinajstić information content (AvgIpc) is 2.69. The van der Waals surface area contributed by atoms with Gasteiger partial charge in [-0.15, -0.1) is 13.2 Å². The zero-order valence-corrected chi connectivity index (χ0v) is 7.95. The Kier molecular flexibility index (Phi) is 2.55. The summed E-state index contributed by atoms with van der Waals surface area (Å²) < 4.78 is 40.3. The number of rotatable bonds is 2. The smallest absolute Gasteiger partial charge is 0.405 e. The van der Waals surface area contributed by atoms with Gasteiger partial charge in [-0.2, -0.15) is 5.10 Å². The van der Waals surface area contributed by atoms with Gasteiger partial charge in [-0.3, -0.25) is 5.10 Å². The molecule has 0 atom stereocenters. The summed E-state index contributed by atoms with van der Waals surface area (Å²) in [5.41, 5.74) is 0.883. The standard InChI is InChI=1S/C10H7F3N2O/c11-10(12,13)16-9-4-2-1-3-8(9)7-5-14-15-6-7/h1-6H,(H,14,15). The highest BCUT2D eigenvalue weighted by molar-refractivity contribution is 5.68. The SMILES string of the molecule is FC(F)(F)Oc1ccccc1-c1cn[nH]c1. The molecule has 2 aromatic rings. The molecule has 1 aromatic carbocycles. The predicted octanol–water partition coefficient (Wildman–Crippen LogP) is 2.98. The molecule has 3 nitrogen and oxygen atoms in total. The lowest BCUT2D eigenvalue weighted by molar-refractivity contribution is -0.274. The molecule has 0 saturated carbocycles. The van der Waals surface area contributed by atoms with Crippen LogP contribution in [0.1, 0.15) is 0 Å². The van der Waals surface area contributed by atoms with E-state index >= 15 is 0 Å². The molecular formula is C10H7F3N2O. The van der Waals surface area contributed by atoms with Gasteiger partial charge in [0.25, 0.3) is 0 Å². The third-order valence-electron chi connectivity index (χ3n) is 1.92. The van der Waals surface area contributed by atoms with Gasteiger partial charge in [0.1, 0.15) is 5.75 Å². The summed E-state index contributed by atoms with van der Waals surface area (Å²) in [7, 11) is 0. The number of hydrogen-bond acceptors (Lipinski definition) is 2. The molecule has 16 heavy (non-hydrogen) atoms. The van der Waals surface area contributed by atoms with E-state index in [0.717, 1.165) is 0 Å². The first-order valence-electron chi connectivity index (χ1n) is 4.40. The van der Waals surface area contributed by atoms with E-state index in [2.05, 4.69) is 14.9 Å². The zero-order chi connectivity index (χ0) is 11.6. The lowest BCUT2D eigenvalue weighted by atomic mass is 10.1. The number of aromatic amines is 1. The number of hydrogen-bond donors (Lipinski definition) is 1. The third kappa shape index (κ3) is 2.33. The van der Waals surface area contributed by atoms with Crippen LogP contribution in [0.4, 0.5) is 13.2 Å². The van der Waals surface area contributed by atoms with Crippen LogP contribution in [0.5, 0.6) is 5.75 Å². The van der Waals surface area contributed by atoms with Crippen molar-refractivity contribution < 1.29 is 17.9 Å². The van der Waals surface area contributed by atoms with Crippen LogP contribution in [-0.2, 0) is 0 Å². The molecule has 0 aliphatic carbocycles. The van der Waals surface area contributed by atoms with Gasteiger partial charge in [0.2, 0.25) is 0 Å². The number of aromatic nitrogens is 2. The zero-order valence-electron chi connectivity index (χ0n) is 7.95. The van der Waals surface area contributed by atoms with E-state index in [-0.39, 0.29) is 5.75 Å². The number of ether oxygens (including phenoxy) is 1. The van der Waals surface area contributed by atoms with Gasteiger partial charge < -0.3 is 4.74 Å². The van der Waals surface area contributed by atoms with Crippen molar-refractivity contribution in [2.24, 2.45) is 0 Å². The topological polar surface area (TPSA) is 37.9 Å². The molecule has 0 aliphatic heterocycles. The number of nitrogens with one attached hydrogen (secondary N) is 1. The number of para-hydroxylation sites is 1. The summed E-state index contributed by atoms with van der Waals surface area (Å²) in [6, 6.07) is 5.90. The first-order valence-corrected chi connectivity index (χ1v) is 4.40. The first kappa shape index (κ1) is 10.5. The molecule has 0 fully saturated rings. The predicted molar refractivity (Wildman–Crippen MR) is 50.7 cm³/mol. The molecule has 2 rings (SSSR count). The van der Waals surface area contributed by atoms with Crippen molar-refractivity contribution in [3.05, 3.63) is 36.7 Å². The normalized spacial score (nSPS) is 11.4. The fourth-order valence-corrected chi connectivity index (χ4v) is 1.32. The highest BCUT2D eigenvalue weighted by Gasteiger charge is 2.32. The number of benzene rings is 1. The summed E-state index contributed by atoms with van der Waals surface area (Å²) >= 11 is 0. The van der Waals surface area contributed by atoms with Crippen LogP contribution in [0, 0.1) is 0 Å². The highest BCUT2D eigenvalue weighted by Crippen LogP contribution is 2.32. The summed E-state index contributed by atoms with van der Waals surface area (Å²) in [5, 5.41) is 6.21. The van der Waals surface area contributed by atoms with E-state index in [9.17, 15) is 13.2 Å². The van der Waals surface area contributed by atoms with Gasteiger partial charge in [-0.05, 0) is 6.07 Å². The van der Waals surface area contributed by atoms with Crippen LogP contribution in [0.2, 0.25) is 0 Å². The molecule has 0 aliphatic rings. The number of H-pyrrole nitrogens is 1. The molecule has 0 saturated heterocycles. The quantitative estimate of drug-likeness (QED) is 0.857. The molecular weight excluding hydrogens is 221 g/mol. The fraction of sp³-hybridized carbons (Fsp3) is 0.100. The number of halogens is 3. The number of alkyl halides is 3. The minimum atomic E-state index is -4.69. The van der Waals surface area contributed by atoms with Gasteiger partial charge in [-0.25, -0.2) is 0 Å². The summed E-state index contributed by atoms with van der Waals surface area (Å²) in [4.78, 5) is 0. The Morgan fingerprint density at radius 2 is 1.94 bits per heavy atom. The second-order valence-electron chi connectivity index (χ2n) is 3.03. The van der Waals surface area contributed by atoms with E-state index in [4.69, 9.17) is 0 Å². The van der Waals surface area contributed by atoms with Crippen LogP contribution in [0.3, 0.4) is 0 Å². The maximum absolute atomic E-state index is 12.1. The molecule has 1 heterocycles. The molecule has 0 amide bonds. The molecule has 1 aromatic heterocycles.